The maximum atomic E-state index is 12.4. The highest BCUT2D eigenvalue weighted by Crippen LogP contribution is 2.44. The number of amides is 2. The lowest BCUT2D eigenvalue weighted by Crippen LogP contribution is -2.27. The first kappa shape index (κ1) is 21.0. The van der Waals surface area contributed by atoms with Gasteiger partial charge < -0.3 is 15.2 Å². The van der Waals surface area contributed by atoms with Crippen LogP contribution in [0.25, 0.3) is 11.1 Å². The lowest BCUT2D eigenvalue weighted by Gasteiger charge is -2.14. The second kappa shape index (κ2) is 9.29. The zero-order chi connectivity index (χ0) is 22.5. The molecule has 32 heavy (non-hydrogen) atoms. The van der Waals surface area contributed by atoms with Crippen molar-refractivity contribution in [2.45, 2.75) is 18.8 Å². The van der Waals surface area contributed by atoms with Crippen LogP contribution < -0.4 is 10.6 Å². The quantitative estimate of drug-likeness (QED) is 0.457. The van der Waals surface area contributed by atoms with E-state index < -0.39 is 18.0 Å². The third-order valence-corrected chi connectivity index (χ3v) is 5.12. The number of carboxylic acid groups (broad SMARTS) is 1. The molecule has 3 aromatic rings. The van der Waals surface area contributed by atoms with Gasteiger partial charge in [0.15, 0.2) is 0 Å². The van der Waals surface area contributed by atoms with Gasteiger partial charge in [-0.3, -0.25) is 14.9 Å². The first-order valence-corrected chi connectivity index (χ1v) is 9.99. The summed E-state index contributed by atoms with van der Waals surface area (Å²) in [6.45, 7) is 0.226. The second-order valence-corrected chi connectivity index (χ2v) is 7.17. The molecule has 1 aromatic heterocycles. The van der Waals surface area contributed by atoms with Crippen molar-refractivity contribution in [1.82, 2.24) is 15.6 Å². The molecule has 0 saturated heterocycles. The van der Waals surface area contributed by atoms with E-state index in [1.165, 1.54) is 0 Å². The van der Waals surface area contributed by atoms with Gasteiger partial charge in [0, 0.05) is 18.9 Å². The average molecular weight is 436 g/mol. The molecule has 0 unspecified atom stereocenters. The number of aliphatic carboxylic acids is 1. The van der Waals surface area contributed by atoms with E-state index in [1.54, 1.807) is 0 Å². The summed E-state index contributed by atoms with van der Waals surface area (Å²) in [4.78, 5) is 35.1. The van der Waals surface area contributed by atoms with Gasteiger partial charge in [0.05, 0.1) is 0 Å². The number of carbonyl (C=O) groups is 3. The van der Waals surface area contributed by atoms with Crippen molar-refractivity contribution in [2.75, 3.05) is 18.5 Å². The summed E-state index contributed by atoms with van der Waals surface area (Å²) in [6.07, 6.45) is -0.633. The van der Waals surface area contributed by atoms with E-state index in [2.05, 4.69) is 25.6 Å². The summed E-state index contributed by atoms with van der Waals surface area (Å²) >= 11 is 0. The van der Waals surface area contributed by atoms with Crippen molar-refractivity contribution in [3.05, 3.63) is 65.4 Å². The average Bonchev–Trinajstić information content (AvgIpc) is 3.37. The maximum absolute atomic E-state index is 12.4. The Hall–Kier alpha value is -4.21. The first-order valence-electron chi connectivity index (χ1n) is 9.99. The number of anilines is 1. The largest absolute Gasteiger partial charge is 0.481 e. The fraction of sp³-hybridized carbons (Fsp3) is 0.227. The van der Waals surface area contributed by atoms with Crippen molar-refractivity contribution >= 4 is 23.8 Å². The molecule has 164 valence electrons. The number of carboxylic acids is 1. The maximum Gasteiger partial charge on any atom is 0.412 e. The summed E-state index contributed by atoms with van der Waals surface area (Å²) in [5, 5.41) is 20.5. The molecule has 1 aliphatic rings. The number of ether oxygens (including phenoxy) is 1. The minimum atomic E-state index is -0.958. The van der Waals surface area contributed by atoms with Crippen LogP contribution in [-0.2, 0) is 9.53 Å². The third-order valence-electron chi connectivity index (χ3n) is 5.12. The Balaban J connectivity index is 1.36. The Morgan fingerprint density at radius 3 is 2.31 bits per heavy atom. The van der Waals surface area contributed by atoms with E-state index in [4.69, 9.17) is 9.84 Å². The molecule has 1 heterocycles. The number of benzene rings is 2. The van der Waals surface area contributed by atoms with Crippen molar-refractivity contribution in [2.24, 2.45) is 0 Å². The van der Waals surface area contributed by atoms with E-state index in [1.807, 2.05) is 48.5 Å². The summed E-state index contributed by atoms with van der Waals surface area (Å²) in [7, 11) is 0. The van der Waals surface area contributed by atoms with Crippen LogP contribution in [0.4, 0.5) is 10.6 Å². The smallest absolute Gasteiger partial charge is 0.412 e. The topological polar surface area (TPSA) is 144 Å². The molecule has 2 aromatic carbocycles. The van der Waals surface area contributed by atoms with E-state index in [0.29, 0.717) is 0 Å². The van der Waals surface area contributed by atoms with Crippen LogP contribution in [0.5, 0.6) is 0 Å². The number of aromatic nitrogens is 2. The van der Waals surface area contributed by atoms with E-state index in [0.717, 1.165) is 22.3 Å². The predicted molar refractivity (Wildman–Crippen MR) is 112 cm³/mol. The molecule has 4 rings (SSSR count). The highest BCUT2D eigenvalue weighted by molar-refractivity contribution is 5.99. The number of fused-ring (bicyclic) bond motifs is 3. The molecule has 2 amide bonds. The molecule has 0 atom stereocenters. The number of nitrogens with zero attached hydrogens (tertiary/aromatic N) is 2. The molecule has 1 aliphatic carbocycles. The fourth-order valence-electron chi connectivity index (χ4n) is 3.68. The second-order valence-electron chi connectivity index (χ2n) is 7.17. The number of carbonyl (C=O) groups excluding carboxylic acids is 2. The monoisotopic (exact) mass is 436 g/mol. The molecule has 10 heteroatoms. The van der Waals surface area contributed by atoms with Crippen LogP contribution in [0.3, 0.4) is 0 Å². The highest BCUT2D eigenvalue weighted by Gasteiger charge is 2.29. The van der Waals surface area contributed by atoms with Crippen LogP contribution in [0, 0.1) is 0 Å². The molecule has 0 radical (unpaired) electrons. The van der Waals surface area contributed by atoms with Crippen LogP contribution in [0.2, 0.25) is 0 Å². The third kappa shape index (κ3) is 4.43. The molecule has 3 N–H and O–H groups in total. The van der Waals surface area contributed by atoms with Crippen molar-refractivity contribution < 1.29 is 28.9 Å². The molecule has 0 spiro atoms. The lowest BCUT2D eigenvalue weighted by molar-refractivity contribution is -0.137. The molecule has 10 nitrogen and oxygen atoms in total. The number of nitrogens with one attached hydrogen (secondary N) is 2. The van der Waals surface area contributed by atoms with E-state index in [-0.39, 0.29) is 43.4 Å². The molecule has 0 saturated carbocycles. The summed E-state index contributed by atoms with van der Waals surface area (Å²) in [5.41, 5.74) is 4.14. The number of hydrogen-bond acceptors (Lipinski definition) is 7. The zero-order valence-electron chi connectivity index (χ0n) is 16.9. The molecule has 0 bridgehead atoms. The summed E-state index contributed by atoms with van der Waals surface area (Å²) < 4.78 is 9.97. The van der Waals surface area contributed by atoms with Crippen LogP contribution >= 0.6 is 0 Å². The molecular formula is C22H20N4O6. The minimum absolute atomic E-state index is 0.0811. The number of hydrogen-bond donors (Lipinski definition) is 3. The molecule has 0 aliphatic heterocycles. The number of rotatable bonds is 8. The van der Waals surface area contributed by atoms with Gasteiger partial charge in [0.1, 0.15) is 6.61 Å². The Morgan fingerprint density at radius 1 is 1.00 bits per heavy atom. The molecule has 0 fully saturated rings. The van der Waals surface area contributed by atoms with Gasteiger partial charge in [-0.25, -0.2) is 9.42 Å². The van der Waals surface area contributed by atoms with Gasteiger partial charge in [-0.15, -0.1) is 0 Å². The highest BCUT2D eigenvalue weighted by atomic mass is 16.6. The minimum Gasteiger partial charge on any atom is -0.481 e. The Kier molecular flexibility index (Phi) is 6.11. The van der Waals surface area contributed by atoms with Gasteiger partial charge in [0.25, 0.3) is 5.91 Å². The van der Waals surface area contributed by atoms with Crippen LogP contribution in [0.15, 0.2) is 53.2 Å². The van der Waals surface area contributed by atoms with Crippen molar-refractivity contribution in [1.29, 1.82) is 0 Å². The van der Waals surface area contributed by atoms with Gasteiger partial charge in [-0.1, -0.05) is 48.5 Å². The Labute approximate surface area is 182 Å². The van der Waals surface area contributed by atoms with Gasteiger partial charge in [-0.05, 0) is 39.0 Å². The normalized spacial score (nSPS) is 12.0. The van der Waals surface area contributed by atoms with E-state index in [9.17, 15) is 14.4 Å². The SMILES string of the molecule is O=C(O)CCCNC(=O)c1nonc1NC(=O)OCC1c2ccccc2-c2ccccc21. The van der Waals surface area contributed by atoms with E-state index >= 15 is 0 Å². The van der Waals surface area contributed by atoms with Crippen LogP contribution in [0.1, 0.15) is 40.4 Å². The standard InChI is InChI=1S/C22H20N4O6/c27-18(28)10-5-11-23-21(29)19-20(26-32-25-19)24-22(30)31-12-17-15-8-3-1-6-13(15)14-7-2-4-9-16(14)17/h1-4,6-9,17H,5,10-12H2,(H,23,29)(H,27,28)(H,24,26,30). The van der Waals surface area contributed by atoms with Gasteiger partial charge in [0.2, 0.25) is 11.5 Å². The lowest BCUT2D eigenvalue weighted by atomic mass is 9.98. The zero-order valence-corrected chi connectivity index (χ0v) is 16.9. The van der Waals surface area contributed by atoms with Gasteiger partial charge in [-0.2, -0.15) is 0 Å². The molecular weight excluding hydrogens is 416 g/mol. The van der Waals surface area contributed by atoms with Gasteiger partial charge >= 0.3 is 12.1 Å². The summed E-state index contributed by atoms with van der Waals surface area (Å²) in [6, 6.07) is 15.9. The summed E-state index contributed by atoms with van der Waals surface area (Å²) in [5.74, 6) is -1.90. The predicted octanol–water partition coefficient (Wildman–Crippen LogP) is 3.03. The van der Waals surface area contributed by atoms with Crippen molar-refractivity contribution in [3.8, 4) is 11.1 Å². The Bertz CT molecular complexity index is 1110. The first-order chi connectivity index (χ1) is 15.5. The van der Waals surface area contributed by atoms with Crippen molar-refractivity contribution in [3.63, 3.8) is 0 Å². The Morgan fingerprint density at radius 2 is 1.66 bits per heavy atom. The fourth-order valence-corrected chi connectivity index (χ4v) is 3.68. The van der Waals surface area contributed by atoms with Crippen LogP contribution in [-0.4, -0.2) is 46.5 Å².